The number of morpholine rings is 1. The lowest BCUT2D eigenvalue weighted by Gasteiger charge is -2.30. The first-order valence-corrected chi connectivity index (χ1v) is 14.5. The van der Waals surface area contributed by atoms with Crippen LogP contribution in [0.5, 0.6) is 11.5 Å². The number of pyridine rings is 1. The van der Waals surface area contributed by atoms with E-state index in [1.807, 2.05) is 23.5 Å². The van der Waals surface area contributed by atoms with Gasteiger partial charge in [0.1, 0.15) is 17.1 Å². The number of anilines is 4. The van der Waals surface area contributed by atoms with Gasteiger partial charge in [0.2, 0.25) is 11.9 Å². The van der Waals surface area contributed by atoms with Crippen molar-refractivity contribution in [1.29, 1.82) is 0 Å². The molecule has 1 aliphatic heterocycles. The van der Waals surface area contributed by atoms with Gasteiger partial charge in [-0.25, -0.2) is 9.97 Å². The van der Waals surface area contributed by atoms with E-state index in [-0.39, 0.29) is 5.91 Å². The number of benzene rings is 2. The number of carbonyl (C=O) groups excluding carboxylic acids is 1. The van der Waals surface area contributed by atoms with E-state index in [1.54, 1.807) is 24.7 Å². The summed E-state index contributed by atoms with van der Waals surface area (Å²) in [7, 11) is 3.05. The van der Waals surface area contributed by atoms with Crippen LogP contribution < -0.4 is 25.0 Å². The minimum Gasteiger partial charge on any atom is -0.495 e. The molecule has 2 N–H and O–H groups in total. The van der Waals surface area contributed by atoms with Crippen molar-refractivity contribution in [1.82, 2.24) is 19.4 Å². The van der Waals surface area contributed by atoms with Crippen LogP contribution in [0.4, 0.5) is 23.0 Å². The quantitative estimate of drug-likeness (QED) is 0.190. The minimum atomic E-state index is -0.329. The third-order valence-corrected chi connectivity index (χ3v) is 8.18. The van der Waals surface area contributed by atoms with Crippen molar-refractivity contribution in [2.24, 2.45) is 0 Å². The largest absolute Gasteiger partial charge is 0.495 e. The van der Waals surface area contributed by atoms with Crippen LogP contribution in [0.2, 0.25) is 10.0 Å². The van der Waals surface area contributed by atoms with Crippen LogP contribution in [-0.4, -0.2) is 65.8 Å². The lowest BCUT2D eigenvalue weighted by molar-refractivity contribution is -0.111. The highest BCUT2D eigenvalue weighted by Crippen LogP contribution is 2.47. The van der Waals surface area contributed by atoms with E-state index < -0.39 is 0 Å². The molecule has 0 radical (unpaired) electrons. The molecule has 0 atom stereocenters. The fraction of sp³-hybridized carbons (Fsp3) is 0.226. The Kier molecular flexibility index (Phi) is 8.17. The Labute approximate surface area is 263 Å². The van der Waals surface area contributed by atoms with Gasteiger partial charge in [0.25, 0.3) is 0 Å². The third-order valence-electron chi connectivity index (χ3n) is 7.43. The molecular weight excluding hydrogens is 605 g/mol. The molecule has 1 aliphatic rings. The van der Waals surface area contributed by atoms with Crippen molar-refractivity contribution in [2.75, 3.05) is 56.1 Å². The average molecular weight is 635 g/mol. The topological polar surface area (TPSA) is 115 Å². The highest BCUT2D eigenvalue weighted by molar-refractivity contribution is 6.41. The Hall–Kier alpha value is -4.58. The number of imidazole rings is 1. The summed E-state index contributed by atoms with van der Waals surface area (Å²) in [5.41, 5.74) is 5.47. The molecule has 226 valence electrons. The number of nitrogens with one attached hydrogen (secondary N) is 2. The minimum absolute atomic E-state index is 0.326. The van der Waals surface area contributed by atoms with E-state index in [9.17, 15) is 4.79 Å². The molecule has 6 rings (SSSR count). The Morgan fingerprint density at radius 1 is 1.05 bits per heavy atom. The number of amides is 1. The Morgan fingerprint density at radius 2 is 1.77 bits per heavy atom. The molecule has 0 aliphatic carbocycles. The molecule has 13 heteroatoms. The van der Waals surface area contributed by atoms with Crippen LogP contribution in [0.15, 0.2) is 55.5 Å². The summed E-state index contributed by atoms with van der Waals surface area (Å²) in [5.74, 6) is 0.830. The highest BCUT2D eigenvalue weighted by atomic mass is 35.5. The van der Waals surface area contributed by atoms with Gasteiger partial charge in [-0.2, -0.15) is 4.98 Å². The highest BCUT2D eigenvalue weighted by Gasteiger charge is 2.23. The molecule has 0 saturated carbocycles. The number of hydrogen-bond donors (Lipinski definition) is 2. The zero-order chi connectivity index (χ0) is 31.0. The first-order valence-electron chi connectivity index (χ1n) is 13.7. The second kappa shape index (κ2) is 12.2. The fourth-order valence-corrected chi connectivity index (χ4v) is 5.97. The molecule has 1 saturated heterocycles. The predicted octanol–water partition coefficient (Wildman–Crippen LogP) is 6.28. The number of hydrogen-bond acceptors (Lipinski definition) is 9. The lowest BCUT2D eigenvalue weighted by atomic mass is 10.0. The van der Waals surface area contributed by atoms with Gasteiger partial charge in [-0.1, -0.05) is 29.8 Å². The Bertz CT molecular complexity index is 1890. The number of aromatic nitrogens is 4. The fourth-order valence-electron chi connectivity index (χ4n) is 5.27. The summed E-state index contributed by atoms with van der Waals surface area (Å²) in [6.45, 7) is 8.38. The van der Waals surface area contributed by atoms with Crippen LogP contribution in [0.3, 0.4) is 0 Å². The molecule has 1 amide bonds. The van der Waals surface area contributed by atoms with Crippen LogP contribution >= 0.6 is 23.2 Å². The maximum Gasteiger partial charge on any atom is 0.247 e. The second-order valence-corrected chi connectivity index (χ2v) is 10.8. The van der Waals surface area contributed by atoms with E-state index >= 15 is 0 Å². The number of rotatable bonds is 8. The molecule has 11 nitrogen and oxygen atoms in total. The summed E-state index contributed by atoms with van der Waals surface area (Å²) >= 11 is 13.5. The van der Waals surface area contributed by atoms with Crippen molar-refractivity contribution >= 4 is 68.8 Å². The first-order chi connectivity index (χ1) is 21.3. The van der Waals surface area contributed by atoms with Gasteiger partial charge < -0.3 is 29.7 Å². The normalized spacial score (nSPS) is 13.2. The van der Waals surface area contributed by atoms with Crippen molar-refractivity contribution in [3.8, 4) is 22.6 Å². The number of halogens is 2. The standard InChI is InChI=1S/C31H29Cl2N7O4/c1-5-24(41)36-21-14-19(39-8-10-44-11-9-39)12-17(2)28(21)37-31-35-16-18-13-20(30-34-6-7-40(30)29(18)38-31)25-26(32)22(42-3)15-23(43-4)27(25)33/h5-7,12-16H,1,8-11H2,2-4H3,(H,36,41)(H,35,37,38). The van der Waals surface area contributed by atoms with Crippen molar-refractivity contribution in [2.45, 2.75) is 6.92 Å². The van der Waals surface area contributed by atoms with Crippen LogP contribution in [0.25, 0.3) is 27.8 Å². The van der Waals surface area contributed by atoms with Gasteiger partial charge in [-0.05, 0) is 36.8 Å². The van der Waals surface area contributed by atoms with Gasteiger partial charge >= 0.3 is 0 Å². The molecule has 3 aromatic heterocycles. The molecule has 5 aromatic rings. The molecule has 0 spiro atoms. The van der Waals surface area contributed by atoms with Gasteiger partial charge in [-0.3, -0.25) is 9.20 Å². The summed E-state index contributed by atoms with van der Waals surface area (Å²) < 4.78 is 18.3. The van der Waals surface area contributed by atoms with E-state index in [0.29, 0.717) is 79.9 Å². The number of methoxy groups -OCH3 is 2. The first kappa shape index (κ1) is 29.5. The molecule has 0 unspecified atom stereocenters. The molecule has 1 fully saturated rings. The molecule has 2 aromatic carbocycles. The average Bonchev–Trinajstić information content (AvgIpc) is 3.54. The zero-order valence-electron chi connectivity index (χ0n) is 24.3. The number of nitrogens with zero attached hydrogens (tertiary/aromatic N) is 5. The summed E-state index contributed by atoms with van der Waals surface area (Å²) in [4.78, 5) is 28.6. The summed E-state index contributed by atoms with van der Waals surface area (Å²) in [5, 5.41) is 7.61. The van der Waals surface area contributed by atoms with E-state index in [0.717, 1.165) is 24.3 Å². The van der Waals surface area contributed by atoms with Crippen LogP contribution in [0, 0.1) is 6.92 Å². The van der Waals surface area contributed by atoms with Crippen molar-refractivity contribution < 1.29 is 19.0 Å². The number of aryl methyl sites for hydroxylation is 1. The predicted molar refractivity (Wildman–Crippen MR) is 173 cm³/mol. The van der Waals surface area contributed by atoms with E-state index in [1.165, 1.54) is 20.3 Å². The molecular formula is C31H29Cl2N7O4. The van der Waals surface area contributed by atoms with Crippen molar-refractivity contribution in [3.63, 3.8) is 0 Å². The number of carbonyl (C=O) groups is 1. The van der Waals surface area contributed by atoms with E-state index in [4.69, 9.17) is 42.4 Å². The van der Waals surface area contributed by atoms with Gasteiger partial charge in [0.05, 0.1) is 48.9 Å². The van der Waals surface area contributed by atoms with Gasteiger partial charge in [0.15, 0.2) is 5.65 Å². The molecule has 4 heterocycles. The SMILES string of the molecule is C=CC(=O)Nc1cc(N2CCOCC2)cc(C)c1Nc1ncc2cc(-c3c(Cl)c(OC)cc(OC)c3Cl)c3nccn3c2n1. The van der Waals surface area contributed by atoms with E-state index in [2.05, 4.69) is 38.1 Å². The monoisotopic (exact) mass is 633 g/mol. The molecule has 0 bridgehead atoms. The Morgan fingerprint density at radius 3 is 2.45 bits per heavy atom. The summed E-state index contributed by atoms with van der Waals surface area (Å²) in [6, 6.07) is 7.51. The molecule has 44 heavy (non-hydrogen) atoms. The zero-order valence-corrected chi connectivity index (χ0v) is 25.8. The number of fused-ring (bicyclic) bond motifs is 3. The maximum atomic E-state index is 12.4. The van der Waals surface area contributed by atoms with Gasteiger partial charge in [-0.15, -0.1) is 0 Å². The Balaban J connectivity index is 1.45. The third kappa shape index (κ3) is 5.34. The lowest BCUT2D eigenvalue weighted by Crippen LogP contribution is -2.36. The smallest absolute Gasteiger partial charge is 0.247 e. The van der Waals surface area contributed by atoms with Crippen LogP contribution in [-0.2, 0) is 9.53 Å². The van der Waals surface area contributed by atoms with Crippen molar-refractivity contribution in [3.05, 3.63) is 71.1 Å². The summed E-state index contributed by atoms with van der Waals surface area (Å²) in [6.07, 6.45) is 6.41. The van der Waals surface area contributed by atoms with Crippen LogP contribution in [0.1, 0.15) is 5.56 Å². The second-order valence-electron chi connectivity index (χ2n) is 10.0. The maximum absolute atomic E-state index is 12.4. The van der Waals surface area contributed by atoms with Gasteiger partial charge in [0, 0.05) is 59.9 Å². The number of ether oxygens (including phenoxy) is 3.